The van der Waals surface area contributed by atoms with E-state index in [1.165, 1.54) is 6.21 Å². The molecule has 0 bridgehead atoms. The van der Waals surface area contributed by atoms with Gasteiger partial charge in [-0.15, -0.1) is 0 Å². The minimum absolute atomic E-state index is 0.0676. The highest BCUT2D eigenvalue weighted by atomic mass is 16.5. The van der Waals surface area contributed by atoms with E-state index in [1.807, 2.05) is 18.2 Å². The van der Waals surface area contributed by atoms with Gasteiger partial charge >= 0.3 is 0 Å². The van der Waals surface area contributed by atoms with Crippen LogP contribution >= 0.6 is 0 Å². The van der Waals surface area contributed by atoms with Gasteiger partial charge in [0.15, 0.2) is 0 Å². The Hall–Kier alpha value is -3.32. The number of allylic oxidation sites excluding steroid dienone is 1. The second-order valence-electron chi connectivity index (χ2n) is 8.51. The smallest absolute Gasteiger partial charge is 0.235 e. The van der Waals surface area contributed by atoms with E-state index >= 15 is 0 Å². The summed E-state index contributed by atoms with van der Waals surface area (Å²) in [4.78, 5) is 15.1. The fourth-order valence-electron chi connectivity index (χ4n) is 4.87. The first-order valence-corrected chi connectivity index (χ1v) is 11.1. The van der Waals surface area contributed by atoms with Crippen LogP contribution in [0.25, 0.3) is 5.70 Å². The van der Waals surface area contributed by atoms with Crippen LogP contribution in [0.1, 0.15) is 30.4 Å². The van der Waals surface area contributed by atoms with E-state index in [1.54, 1.807) is 13.2 Å². The van der Waals surface area contributed by atoms with Gasteiger partial charge in [-0.2, -0.15) is 0 Å². The largest absolute Gasteiger partial charge is 0.495 e. The Balaban J connectivity index is 1.49. The molecule has 7 nitrogen and oxygen atoms in total. The molecule has 0 atom stereocenters. The van der Waals surface area contributed by atoms with Gasteiger partial charge in [0, 0.05) is 41.9 Å². The topological polar surface area (TPSA) is 86.7 Å². The summed E-state index contributed by atoms with van der Waals surface area (Å²) in [6.07, 6.45) is 5.78. The number of carbonyl (C=O) groups is 1. The molecule has 2 heterocycles. The molecule has 0 aromatic heterocycles. The zero-order valence-corrected chi connectivity index (χ0v) is 18.2. The van der Waals surface area contributed by atoms with Crippen molar-refractivity contribution in [2.24, 2.45) is 0 Å². The maximum Gasteiger partial charge on any atom is 0.235 e. The Morgan fingerprint density at radius 2 is 2.06 bits per heavy atom. The van der Waals surface area contributed by atoms with E-state index in [2.05, 4.69) is 33.7 Å². The Morgan fingerprint density at radius 3 is 2.75 bits per heavy atom. The van der Waals surface area contributed by atoms with Gasteiger partial charge in [-0.3, -0.25) is 4.79 Å². The summed E-state index contributed by atoms with van der Waals surface area (Å²) in [5, 5.41) is 14.2. The Bertz CT molecular complexity index is 1080. The fourth-order valence-corrected chi connectivity index (χ4v) is 4.87. The van der Waals surface area contributed by atoms with Crippen molar-refractivity contribution in [3.63, 3.8) is 0 Å². The van der Waals surface area contributed by atoms with Gasteiger partial charge in [-0.1, -0.05) is 12.5 Å². The van der Waals surface area contributed by atoms with Gasteiger partial charge < -0.3 is 30.4 Å². The minimum atomic E-state index is -0.440. The monoisotopic (exact) mass is 432 g/mol. The maximum absolute atomic E-state index is 12.7. The SMILES string of the molecule is COc1cc(/C(=C/C=N)Nc2cccc(N3CCOCC3)c2)cc2c1NC(=O)C21CCC1. The number of benzene rings is 2. The van der Waals surface area contributed by atoms with E-state index in [-0.39, 0.29) is 5.91 Å². The number of nitrogens with one attached hydrogen (secondary N) is 3. The summed E-state index contributed by atoms with van der Waals surface area (Å²) in [6, 6.07) is 12.3. The number of fused-ring (bicyclic) bond motifs is 2. The lowest BCUT2D eigenvalue weighted by Crippen LogP contribution is -2.40. The average molecular weight is 433 g/mol. The lowest BCUT2D eigenvalue weighted by Gasteiger charge is -2.36. The van der Waals surface area contributed by atoms with Gasteiger partial charge in [-0.25, -0.2) is 0 Å². The van der Waals surface area contributed by atoms with Crippen molar-refractivity contribution in [3.8, 4) is 5.75 Å². The zero-order valence-electron chi connectivity index (χ0n) is 18.2. The fraction of sp³-hybridized carbons (Fsp3) is 0.360. The molecule has 0 radical (unpaired) electrons. The van der Waals surface area contributed by atoms with Crippen LogP contribution in [0.15, 0.2) is 42.5 Å². The Labute approximate surface area is 187 Å². The van der Waals surface area contributed by atoms with Crippen LogP contribution in [0.5, 0.6) is 5.75 Å². The number of methoxy groups -OCH3 is 1. The van der Waals surface area contributed by atoms with E-state index in [9.17, 15) is 4.79 Å². The summed E-state index contributed by atoms with van der Waals surface area (Å²) in [5.74, 6) is 0.715. The molecule has 2 aliphatic heterocycles. The zero-order chi connectivity index (χ0) is 22.1. The molecule has 0 unspecified atom stereocenters. The van der Waals surface area contributed by atoms with Crippen LogP contribution in [0, 0.1) is 5.41 Å². The van der Waals surface area contributed by atoms with Gasteiger partial charge in [0.25, 0.3) is 0 Å². The van der Waals surface area contributed by atoms with Crippen LogP contribution in [0.2, 0.25) is 0 Å². The van der Waals surface area contributed by atoms with Crippen molar-refractivity contribution < 1.29 is 14.3 Å². The molecule has 1 amide bonds. The molecule has 7 heteroatoms. The van der Waals surface area contributed by atoms with E-state index < -0.39 is 5.41 Å². The number of rotatable bonds is 6. The number of ether oxygens (including phenoxy) is 2. The highest BCUT2D eigenvalue weighted by molar-refractivity contribution is 6.09. The van der Waals surface area contributed by atoms with Crippen LogP contribution in [-0.2, 0) is 14.9 Å². The molecule has 32 heavy (non-hydrogen) atoms. The molecule has 2 fully saturated rings. The quantitative estimate of drug-likeness (QED) is 0.601. The lowest BCUT2D eigenvalue weighted by atomic mass is 9.65. The molecule has 1 saturated carbocycles. The number of anilines is 3. The highest BCUT2D eigenvalue weighted by Crippen LogP contribution is 2.54. The molecule has 1 saturated heterocycles. The van der Waals surface area contributed by atoms with Gasteiger partial charge in [0.05, 0.1) is 31.4 Å². The third-order valence-corrected chi connectivity index (χ3v) is 6.78. The second kappa shape index (κ2) is 8.31. The third kappa shape index (κ3) is 3.42. The number of nitrogens with zero attached hydrogens (tertiary/aromatic N) is 1. The first-order valence-electron chi connectivity index (χ1n) is 11.1. The first kappa shape index (κ1) is 20.6. The lowest BCUT2D eigenvalue weighted by molar-refractivity contribution is -0.123. The molecule has 166 valence electrons. The van der Waals surface area contributed by atoms with Crippen molar-refractivity contribution in [2.75, 3.05) is 48.9 Å². The maximum atomic E-state index is 12.7. The molecular formula is C25H28N4O3. The van der Waals surface area contributed by atoms with Crippen LogP contribution < -0.4 is 20.3 Å². The summed E-state index contributed by atoms with van der Waals surface area (Å²) in [6.45, 7) is 3.22. The van der Waals surface area contributed by atoms with Gasteiger partial charge in [-0.05, 0) is 54.8 Å². The molecule has 2 aromatic carbocycles. The van der Waals surface area contributed by atoms with Crippen molar-refractivity contribution in [1.29, 1.82) is 5.41 Å². The first-order chi connectivity index (χ1) is 15.6. The number of morpholine rings is 1. The normalized spacial score (nSPS) is 19.2. The second-order valence-corrected chi connectivity index (χ2v) is 8.51. The standard InChI is InChI=1S/C25H28N4O3/c1-31-22-15-17(14-20-23(22)28-24(30)25(20)7-3-8-25)21(6-9-26)27-18-4-2-5-19(16-18)29-10-12-32-13-11-29/h2,4-6,9,14-16,26-27H,3,7-8,10-13H2,1H3,(H,28,30)/b21-6-,26-9?. The Morgan fingerprint density at radius 1 is 1.25 bits per heavy atom. The molecule has 1 spiro atoms. The summed E-state index contributed by atoms with van der Waals surface area (Å²) < 4.78 is 11.1. The van der Waals surface area contributed by atoms with Crippen molar-refractivity contribution in [2.45, 2.75) is 24.7 Å². The average Bonchev–Trinajstić information content (AvgIpc) is 3.11. The number of amides is 1. The van der Waals surface area contributed by atoms with Crippen LogP contribution in [-0.4, -0.2) is 45.5 Å². The molecule has 1 aliphatic carbocycles. The highest BCUT2D eigenvalue weighted by Gasteiger charge is 2.52. The number of carbonyl (C=O) groups excluding carboxylic acids is 1. The molecule has 5 rings (SSSR count). The van der Waals surface area contributed by atoms with Crippen LogP contribution in [0.3, 0.4) is 0 Å². The summed E-state index contributed by atoms with van der Waals surface area (Å²) in [7, 11) is 1.62. The molecule has 3 aliphatic rings. The minimum Gasteiger partial charge on any atom is -0.495 e. The molecular weight excluding hydrogens is 404 g/mol. The predicted molar refractivity (Wildman–Crippen MR) is 127 cm³/mol. The van der Waals surface area contributed by atoms with E-state index in [0.717, 1.165) is 79.5 Å². The van der Waals surface area contributed by atoms with Gasteiger partial charge in [0.2, 0.25) is 5.91 Å². The van der Waals surface area contributed by atoms with Crippen molar-refractivity contribution >= 4 is 34.9 Å². The summed E-state index contributed by atoms with van der Waals surface area (Å²) >= 11 is 0. The third-order valence-electron chi connectivity index (χ3n) is 6.78. The van der Waals surface area contributed by atoms with E-state index in [4.69, 9.17) is 14.9 Å². The number of hydrogen-bond donors (Lipinski definition) is 3. The molecule has 2 aromatic rings. The van der Waals surface area contributed by atoms with Crippen molar-refractivity contribution in [1.82, 2.24) is 0 Å². The molecule has 3 N–H and O–H groups in total. The van der Waals surface area contributed by atoms with Gasteiger partial charge in [0.1, 0.15) is 5.75 Å². The van der Waals surface area contributed by atoms with Crippen molar-refractivity contribution in [3.05, 3.63) is 53.6 Å². The van der Waals surface area contributed by atoms with Crippen LogP contribution in [0.4, 0.5) is 17.1 Å². The van der Waals surface area contributed by atoms with E-state index in [0.29, 0.717) is 5.75 Å². The predicted octanol–water partition coefficient (Wildman–Crippen LogP) is 4.01. The summed E-state index contributed by atoms with van der Waals surface area (Å²) in [5.41, 5.74) is 5.10. The number of hydrogen-bond acceptors (Lipinski definition) is 6. The Kier molecular flexibility index (Phi) is 5.35.